The Bertz CT molecular complexity index is 213. The molecule has 1 heterocycles. The molecule has 46 valence electrons. The molecule has 0 saturated carbocycles. The molecule has 1 aromatic heterocycles. The predicted octanol–water partition coefficient (Wildman–Crippen LogP) is 1.52. The summed E-state index contributed by atoms with van der Waals surface area (Å²) in [7, 11) is 1.73. The summed E-state index contributed by atoms with van der Waals surface area (Å²) in [6.45, 7) is 0. The van der Waals surface area contributed by atoms with Crippen LogP contribution in [0, 0.1) is 6.07 Å². The molecule has 0 aliphatic rings. The van der Waals surface area contributed by atoms with Crippen LogP contribution >= 0.6 is 0 Å². The largest absolute Gasteiger partial charge is 0.364 e. The minimum atomic E-state index is 0.781. The fourth-order valence-electron chi connectivity index (χ4n) is 0.642. The molecule has 0 aliphatic carbocycles. The van der Waals surface area contributed by atoms with Crippen LogP contribution in [0.2, 0.25) is 0 Å². The maximum Gasteiger partial charge on any atom is 0.278 e. The minimum Gasteiger partial charge on any atom is -0.364 e. The van der Waals surface area contributed by atoms with Gasteiger partial charge in [0.1, 0.15) is 6.42 Å². The van der Waals surface area contributed by atoms with Crippen molar-refractivity contribution in [3.8, 4) is 6.07 Å². The van der Waals surface area contributed by atoms with Gasteiger partial charge in [-0.15, -0.1) is 0 Å². The summed E-state index contributed by atoms with van der Waals surface area (Å²) in [4.78, 5) is 6.79. The van der Waals surface area contributed by atoms with Crippen LogP contribution in [0.1, 0.15) is 5.69 Å². The molecule has 0 saturated heterocycles. The van der Waals surface area contributed by atoms with Gasteiger partial charge in [-0.1, -0.05) is 4.85 Å². The Hall–Kier alpha value is -1.23. The maximum absolute atomic E-state index is 3.74. The van der Waals surface area contributed by atoms with Gasteiger partial charge in [-0.05, 0) is 12.1 Å². The Morgan fingerprint density at radius 3 is 3.22 bits per heavy atom. The van der Waals surface area contributed by atoms with E-state index in [1.54, 1.807) is 7.05 Å². The highest BCUT2D eigenvalue weighted by Gasteiger charge is 1.90. The number of hydrogen-bond acceptors (Lipinski definition) is 0. The second-order valence-electron chi connectivity index (χ2n) is 1.75. The molecule has 1 N–H and O–H groups in total. The molecule has 9 heavy (non-hydrogen) atoms. The minimum absolute atomic E-state index is 0.781. The zero-order valence-corrected chi connectivity index (χ0v) is 5.39. The predicted molar refractivity (Wildman–Crippen MR) is 37.7 cm³/mol. The second-order valence-corrected chi connectivity index (χ2v) is 1.75. The van der Waals surface area contributed by atoms with Gasteiger partial charge in [0.25, 0.3) is 13.1 Å². The lowest BCUT2D eigenvalue weighted by atomic mass is 10.3. The number of H-pyrrole nitrogens is 1. The summed E-state index contributed by atoms with van der Waals surface area (Å²) in [5.41, 5.74) is 1.15. The molecular weight excluding hydrogens is 112 g/mol. The van der Waals surface area contributed by atoms with Gasteiger partial charge in [-0.3, -0.25) is 0 Å². The molecule has 0 bridgehead atoms. The van der Waals surface area contributed by atoms with Crippen LogP contribution in [0.4, 0.5) is 0 Å². The zero-order chi connectivity index (χ0) is 6.53. The Morgan fingerprint density at radius 2 is 2.67 bits per heavy atom. The molecule has 2 nitrogen and oxygen atoms in total. The van der Waals surface area contributed by atoms with E-state index in [2.05, 4.69) is 15.9 Å². The van der Waals surface area contributed by atoms with Crippen molar-refractivity contribution in [2.24, 2.45) is 0 Å². The molecule has 0 aromatic carbocycles. The number of hydrogen-bond donors (Lipinski definition) is 1. The summed E-state index contributed by atoms with van der Waals surface area (Å²) < 4.78 is 0. The van der Waals surface area contributed by atoms with E-state index in [1.165, 1.54) is 0 Å². The summed E-state index contributed by atoms with van der Waals surface area (Å²) >= 11 is 0. The monoisotopic (exact) mass is 121 g/mol. The van der Waals surface area contributed by atoms with E-state index < -0.39 is 0 Å². The Balaban J connectivity index is 2.54. The lowest BCUT2D eigenvalue weighted by Gasteiger charge is -1.77. The number of nitrogens with one attached hydrogen (secondary N) is 1. The molecule has 0 unspecified atom stereocenters. The van der Waals surface area contributed by atoms with Crippen molar-refractivity contribution in [2.45, 2.75) is 6.42 Å². The van der Waals surface area contributed by atoms with Gasteiger partial charge in [0.15, 0.2) is 0 Å². The highest BCUT2D eigenvalue weighted by molar-refractivity contribution is 5.09. The van der Waals surface area contributed by atoms with Gasteiger partial charge in [0, 0.05) is 11.9 Å². The quantitative estimate of drug-likeness (QED) is 0.581. The fourth-order valence-corrected chi connectivity index (χ4v) is 0.642. The van der Waals surface area contributed by atoms with E-state index >= 15 is 0 Å². The summed E-state index contributed by atoms with van der Waals surface area (Å²) in [5.74, 6) is 0. The average Bonchev–Trinajstić information content (AvgIpc) is 2.34. The molecule has 1 rings (SSSR count). The number of aromatic amines is 1. The van der Waals surface area contributed by atoms with E-state index in [1.807, 2.05) is 18.3 Å². The van der Waals surface area contributed by atoms with Crippen molar-refractivity contribution in [1.82, 2.24) is 4.98 Å². The van der Waals surface area contributed by atoms with E-state index in [-0.39, 0.29) is 0 Å². The third-order valence-corrected chi connectivity index (χ3v) is 1.09. The van der Waals surface area contributed by atoms with Crippen molar-refractivity contribution >= 4 is 0 Å². The van der Waals surface area contributed by atoms with Gasteiger partial charge in [0.05, 0.1) is 0 Å². The van der Waals surface area contributed by atoms with Crippen LogP contribution in [-0.2, 0) is 6.42 Å². The highest BCUT2D eigenvalue weighted by atomic mass is 14.7. The molecule has 0 aliphatic heterocycles. The first-order valence-corrected chi connectivity index (χ1v) is 2.87. The van der Waals surface area contributed by atoms with Crippen LogP contribution in [0.5, 0.6) is 0 Å². The van der Waals surface area contributed by atoms with Gasteiger partial charge < -0.3 is 4.98 Å². The van der Waals surface area contributed by atoms with Crippen LogP contribution in [0.3, 0.4) is 0 Å². The van der Waals surface area contributed by atoms with E-state index in [4.69, 9.17) is 0 Å². The summed E-state index contributed by atoms with van der Waals surface area (Å²) in [6.07, 6.45) is 2.68. The van der Waals surface area contributed by atoms with Crippen LogP contribution < -0.4 is 0 Å². The smallest absolute Gasteiger partial charge is 0.278 e. The van der Waals surface area contributed by atoms with Crippen molar-refractivity contribution in [1.29, 1.82) is 0 Å². The zero-order valence-electron chi connectivity index (χ0n) is 5.39. The van der Waals surface area contributed by atoms with E-state index in [9.17, 15) is 0 Å². The van der Waals surface area contributed by atoms with Crippen LogP contribution in [0.15, 0.2) is 18.3 Å². The molecule has 0 spiro atoms. The third kappa shape index (κ3) is 1.61. The van der Waals surface area contributed by atoms with E-state index in [0.29, 0.717) is 0 Å². The Kier molecular flexibility index (Phi) is 1.92. The van der Waals surface area contributed by atoms with Crippen LogP contribution in [0.25, 0.3) is 4.85 Å². The molecule has 0 radical (unpaired) electrons. The Morgan fingerprint density at radius 1 is 1.78 bits per heavy atom. The molecule has 0 atom stereocenters. The van der Waals surface area contributed by atoms with Crippen LogP contribution in [-0.4, -0.2) is 12.0 Å². The van der Waals surface area contributed by atoms with Crippen molar-refractivity contribution < 1.29 is 0 Å². The first-order valence-electron chi connectivity index (χ1n) is 2.87. The van der Waals surface area contributed by atoms with Gasteiger partial charge in [-0.25, -0.2) is 0 Å². The summed E-state index contributed by atoms with van der Waals surface area (Å²) in [5, 5.41) is 0. The molecule has 0 amide bonds. The first-order chi connectivity index (χ1) is 4.43. The molecular formula is C7H9N2+. The fraction of sp³-hybridized carbons (Fsp3) is 0.286. The van der Waals surface area contributed by atoms with Gasteiger partial charge in [-0.2, -0.15) is 0 Å². The summed E-state index contributed by atoms with van der Waals surface area (Å²) in [6, 6.07) is 6.82. The second kappa shape index (κ2) is 2.93. The highest BCUT2D eigenvalue weighted by Crippen LogP contribution is 1.93. The number of aromatic nitrogens is 1. The third-order valence-electron chi connectivity index (χ3n) is 1.09. The van der Waals surface area contributed by atoms with Crippen molar-refractivity contribution in [3.63, 3.8) is 0 Å². The number of rotatable bonds is 1. The molecule has 2 heteroatoms. The maximum atomic E-state index is 3.74. The topological polar surface area (TPSA) is 20.1 Å². The van der Waals surface area contributed by atoms with Gasteiger partial charge in [0.2, 0.25) is 0 Å². The average molecular weight is 121 g/mol. The first kappa shape index (κ1) is 5.90. The van der Waals surface area contributed by atoms with Gasteiger partial charge >= 0.3 is 0 Å². The van der Waals surface area contributed by atoms with Crippen molar-refractivity contribution in [2.75, 3.05) is 7.05 Å². The standard InChI is InChI=1S/C7H9N2/c1-8-6-4-7-3-2-5-9-7/h2-3,5,9H,4H2,1H3/q+1. The lowest BCUT2D eigenvalue weighted by Crippen LogP contribution is -1.77. The number of nitrogens with zero attached hydrogens (tertiary/aromatic N) is 1. The SMILES string of the molecule is C[N+]#CCc1ccc[nH]1. The molecule has 0 fully saturated rings. The lowest BCUT2D eigenvalue weighted by molar-refractivity contribution is 1.18. The molecule has 1 aromatic rings. The Labute approximate surface area is 54.3 Å². The van der Waals surface area contributed by atoms with E-state index in [0.717, 1.165) is 12.1 Å². The van der Waals surface area contributed by atoms with Crippen molar-refractivity contribution in [3.05, 3.63) is 28.9 Å². The normalized spacial score (nSPS) is 8.11.